The van der Waals surface area contributed by atoms with Crippen LogP contribution in [0.4, 0.5) is 9.18 Å². The lowest BCUT2D eigenvalue weighted by Gasteiger charge is -2.58. The number of amides is 1. The zero-order valence-electron chi connectivity index (χ0n) is 16.4. The van der Waals surface area contributed by atoms with Crippen molar-refractivity contribution < 1.29 is 19.0 Å². The first-order chi connectivity index (χ1) is 14.1. The van der Waals surface area contributed by atoms with Crippen LogP contribution in [0.3, 0.4) is 0 Å². The van der Waals surface area contributed by atoms with Crippen LogP contribution in [-0.4, -0.2) is 28.7 Å². The molecule has 4 nitrogen and oxygen atoms in total. The third-order valence-corrected chi connectivity index (χ3v) is 7.34. The van der Waals surface area contributed by atoms with Crippen molar-refractivity contribution >= 4 is 6.09 Å². The number of piperidine rings is 1. The molecule has 5 heteroatoms. The third-order valence-electron chi connectivity index (χ3n) is 7.34. The lowest BCUT2D eigenvalue weighted by Crippen LogP contribution is -2.62. The average Bonchev–Trinajstić information content (AvgIpc) is 2.74. The highest BCUT2D eigenvalue weighted by Gasteiger charge is 2.55. The molecule has 3 aliphatic rings. The number of aromatic hydroxyl groups is 1. The van der Waals surface area contributed by atoms with Crippen LogP contribution in [-0.2, 0) is 23.2 Å². The maximum absolute atomic E-state index is 14.1. The number of rotatable bonds is 2. The Morgan fingerprint density at radius 2 is 2.03 bits per heavy atom. The van der Waals surface area contributed by atoms with Gasteiger partial charge >= 0.3 is 6.09 Å². The summed E-state index contributed by atoms with van der Waals surface area (Å²) >= 11 is 0. The van der Waals surface area contributed by atoms with Crippen molar-refractivity contribution in [3.05, 3.63) is 65.0 Å². The first kappa shape index (κ1) is 18.5. The van der Waals surface area contributed by atoms with Gasteiger partial charge in [-0.25, -0.2) is 9.18 Å². The van der Waals surface area contributed by atoms with Gasteiger partial charge in [-0.3, -0.25) is 0 Å². The zero-order chi connectivity index (χ0) is 20.0. The van der Waals surface area contributed by atoms with Crippen LogP contribution in [0.25, 0.3) is 0 Å². The number of fused-ring (bicyclic) bond motifs is 1. The fourth-order valence-corrected chi connectivity index (χ4v) is 6.05. The van der Waals surface area contributed by atoms with E-state index in [2.05, 4.69) is 0 Å². The van der Waals surface area contributed by atoms with Gasteiger partial charge in [0.15, 0.2) is 11.6 Å². The van der Waals surface area contributed by atoms with E-state index in [0.29, 0.717) is 18.9 Å². The highest BCUT2D eigenvalue weighted by atomic mass is 19.1. The molecule has 1 N–H and O–H groups in total. The zero-order valence-corrected chi connectivity index (χ0v) is 16.4. The van der Waals surface area contributed by atoms with Gasteiger partial charge in [-0.1, -0.05) is 43.2 Å². The molecule has 0 spiro atoms. The quantitative estimate of drug-likeness (QED) is 0.785. The topological polar surface area (TPSA) is 49.8 Å². The van der Waals surface area contributed by atoms with Crippen molar-refractivity contribution in [3.8, 4) is 5.75 Å². The predicted molar refractivity (Wildman–Crippen MR) is 107 cm³/mol. The molecular formula is C24H26FNO3. The number of halogens is 1. The molecule has 5 rings (SSSR count). The number of hydrogen-bond donors (Lipinski definition) is 1. The van der Waals surface area contributed by atoms with E-state index in [0.717, 1.165) is 48.8 Å². The standard InChI is InChI=1S/C24H26FNO3/c25-20-12-17-13-21-18-8-4-5-9-24(18,19(17)14-22(20)27)10-11-26(21)23(28)29-15-16-6-2-1-3-7-16/h1-3,6-7,12,14,18,21,27H,4-5,8-11,13,15H2/t18-,21+,24+/m1/s1. The summed E-state index contributed by atoms with van der Waals surface area (Å²) in [5.41, 5.74) is 2.95. The minimum absolute atomic E-state index is 0.0313. The van der Waals surface area contributed by atoms with Gasteiger partial charge in [0.25, 0.3) is 0 Å². The Kier molecular flexibility index (Phi) is 4.49. The van der Waals surface area contributed by atoms with Gasteiger partial charge in [-0.2, -0.15) is 0 Å². The molecule has 0 radical (unpaired) electrons. The van der Waals surface area contributed by atoms with Crippen molar-refractivity contribution in [2.45, 2.75) is 56.6 Å². The van der Waals surface area contributed by atoms with Gasteiger partial charge in [0, 0.05) is 18.0 Å². The molecular weight excluding hydrogens is 369 g/mol. The first-order valence-corrected chi connectivity index (χ1v) is 10.6. The second-order valence-corrected chi connectivity index (χ2v) is 8.72. The summed E-state index contributed by atoms with van der Waals surface area (Å²) in [5, 5.41) is 10.0. The molecule has 29 heavy (non-hydrogen) atoms. The van der Waals surface area contributed by atoms with Crippen LogP contribution in [0.5, 0.6) is 5.75 Å². The second-order valence-electron chi connectivity index (χ2n) is 8.72. The van der Waals surface area contributed by atoms with Gasteiger partial charge in [-0.05, 0) is 60.4 Å². The lowest BCUT2D eigenvalue weighted by molar-refractivity contribution is -0.0138. The highest BCUT2D eigenvalue weighted by Crippen LogP contribution is 2.56. The number of likely N-dealkylation sites (tertiary alicyclic amines) is 1. The molecule has 1 amide bonds. The van der Waals surface area contributed by atoms with E-state index in [1.54, 1.807) is 6.07 Å². The number of benzene rings is 2. The molecule has 2 aromatic carbocycles. The Labute approximate surface area is 170 Å². The molecule has 1 aliphatic heterocycles. The molecule has 2 bridgehead atoms. The number of ether oxygens (including phenoxy) is 1. The fourth-order valence-electron chi connectivity index (χ4n) is 6.05. The first-order valence-electron chi connectivity index (χ1n) is 10.6. The van der Waals surface area contributed by atoms with Crippen LogP contribution in [0, 0.1) is 11.7 Å². The van der Waals surface area contributed by atoms with E-state index >= 15 is 0 Å². The molecule has 2 fully saturated rings. The number of carbonyl (C=O) groups is 1. The molecule has 152 valence electrons. The van der Waals surface area contributed by atoms with E-state index in [9.17, 15) is 14.3 Å². The number of phenolic OH excluding ortho intramolecular Hbond substituents is 1. The second kappa shape index (κ2) is 7.05. The Morgan fingerprint density at radius 1 is 1.21 bits per heavy atom. The fraction of sp³-hybridized carbons (Fsp3) is 0.458. The summed E-state index contributed by atoms with van der Waals surface area (Å²) in [6.07, 6.45) is 5.58. The SMILES string of the molecule is O=C(OCc1ccccc1)N1CC[C@@]23CCCC[C@@H]2[C@@H]1Cc1cc(F)c(O)cc13. The van der Waals surface area contributed by atoms with E-state index in [-0.39, 0.29) is 29.9 Å². The summed E-state index contributed by atoms with van der Waals surface area (Å²) in [7, 11) is 0. The molecule has 3 atom stereocenters. The minimum atomic E-state index is -0.578. The third kappa shape index (κ3) is 2.98. The van der Waals surface area contributed by atoms with Gasteiger partial charge in [0.05, 0.1) is 0 Å². The van der Waals surface area contributed by atoms with Gasteiger partial charge in [0.1, 0.15) is 6.61 Å². The molecule has 1 heterocycles. The molecule has 0 unspecified atom stereocenters. The smallest absolute Gasteiger partial charge is 0.410 e. The minimum Gasteiger partial charge on any atom is -0.505 e. The van der Waals surface area contributed by atoms with E-state index in [4.69, 9.17) is 4.74 Å². The number of hydrogen-bond acceptors (Lipinski definition) is 3. The summed E-state index contributed by atoms with van der Waals surface area (Å²) in [6.45, 7) is 0.907. The van der Waals surface area contributed by atoms with Crippen LogP contribution < -0.4 is 0 Å². The maximum Gasteiger partial charge on any atom is 0.410 e. The lowest BCUT2D eigenvalue weighted by atomic mass is 9.52. The molecule has 1 saturated carbocycles. The summed E-state index contributed by atoms with van der Waals surface area (Å²) < 4.78 is 19.8. The largest absolute Gasteiger partial charge is 0.505 e. The number of phenols is 1. The molecule has 0 aromatic heterocycles. The van der Waals surface area contributed by atoms with Gasteiger partial charge < -0.3 is 14.7 Å². The van der Waals surface area contributed by atoms with Crippen molar-refractivity contribution in [2.75, 3.05) is 6.54 Å². The Morgan fingerprint density at radius 3 is 2.86 bits per heavy atom. The van der Waals surface area contributed by atoms with Gasteiger partial charge in [-0.15, -0.1) is 0 Å². The number of carbonyl (C=O) groups excluding carboxylic acids is 1. The van der Waals surface area contributed by atoms with Crippen LogP contribution >= 0.6 is 0 Å². The maximum atomic E-state index is 14.1. The van der Waals surface area contributed by atoms with Crippen molar-refractivity contribution in [3.63, 3.8) is 0 Å². The molecule has 1 saturated heterocycles. The Hall–Kier alpha value is -2.56. The van der Waals surface area contributed by atoms with Crippen LogP contribution in [0.15, 0.2) is 42.5 Å². The average molecular weight is 395 g/mol. The summed E-state index contributed by atoms with van der Waals surface area (Å²) in [6, 6.07) is 12.9. The Bertz CT molecular complexity index is 931. The van der Waals surface area contributed by atoms with Crippen LogP contribution in [0.1, 0.15) is 48.8 Å². The van der Waals surface area contributed by atoms with Crippen molar-refractivity contribution in [1.82, 2.24) is 4.90 Å². The van der Waals surface area contributed by atoms with E-state index in [1.807, 2.05) is 35.2 Å². The van der Waals surface area contributed by atoms with Gasteiger partial charge in [0.2, 0.25) is 0 Å². The van der Waals surface area contributed by atoms with E-state index in [1.165, 1.54) is 6.07 Å². The summed E-state index contributed by atoms with van der Waals surface area (Å²) in [5.74, 6) is -0.497. The normalized spacial score (nSPS) is 27.7. The summed E-state index contributed by atoms with van der Waals surface area (Å²) in [4.78, 5) is 14.8. The monoisotopic (exact) mass is 395 g/mol. The number of nitrogens with zero attached hydrogens (tertiary/aromatic N) is 1. The molecule has 2 aliphatic carbocycles. The predicted octanol–water partition coefficient (Wildman–Crippen LogP) is 4.93. The molecule has 2 aromatic rings. The van der Waals surface area contributed by atoms with Crippen LogP contribution in [0.2, 0.25) is 0 Å². The Balaban J connectivity index is 1.44. The van der Waals surface area contributed by atoms with Crippen molar-refractivity contribution in [1.29, 1.82) is 0 Å². The van der Waals surface area contributed by atoms with E-state index < -0.39 is 5.82 Å². The van der Waals surface area contributed by atoms with Crippen molar-refractivity contribution in [2.24, 2.45) is 5.92 Å². The highest BCUT2D eigenvalue weighted by molar-refractivity contribution is 5.69.